The maximum absolute atomic E-state index is 12.2. The molecule has 1 saturated carbocycles. The van der Waals surface area contributed by atoms with Gasteiger partial charge in [-0.05, 0) is 85.4 Å². The zero-order chi connectivity index (χ0) is 24.8. The molecule has 188 valence electrons. The van der Waals surface area contributed by atoms with Crippen molar-refractivity contribution in [3.8, 4) is 5.75 Å². The second-order valence-electron chi connectivity index (χ2n) is 10.2. The maximum atomic E-state index is 12.2. The van der Waals surface area contributed by atoms with Gasteiger partial charge in [-0.2, -0.15) is 0 Å². The first-order valence-electron chi connectivity index (χ1n) is 12.2. The fraction of sp³-hybridized carbons (Fsp3) is 0.481. The first kappa shape index (κ1) is 24.6. The van der Waals surface area contributed by atoms with Crippen LogP contribution in [0.1, 0.15) is 36.8 Å². The van der Waals surface area contributed by atoms with Crippen molar-refractivity contribution in [2.45, 2.75) is 48.5 Å². The Morgan fingerprint density at radius 3 is 2.83 bits per heavy atom. The Bertz CT molecular complexity index is 1230. The number of ether oxygens (including phenoxy) is 2. The molecule has 0 unspecified atom stereocenters. The fourth-order valence-corrected chi connectivity index (χ4v) is 6.98. The number of rotatable bonds is 6. The van der Waals surface area contributed by atoms with E-state index in [1.165, 1.54) is 17.2 Å². The van der Waals surface area contributed by atoms with Crippen LogP contribution in [0.15, 0.2) is 53.9 Å². The number of fused-ring (bicyclic) bond motifs is 3. The standard InChI is InChI=1S/C27H33ClN2O4S/c1-3-25(33-2)22-9-6-19(22)15-30-16-27(12-4-5-18-13-20(28)7-10-23(18)27)17-34-26-11-8-21(14-24(26)30)35(29,31)32/h3,7-8,10-11,13-14,19,22,25H,1,4-6,9,12,15-17H2,2H3,(H2,29,31,32)/t19-,22+,25-,27+/m0/s1. The van der Waals surface area contributed by atoms with Gasteiger partial charge in [0.05, 0.1) is 23.3 Å². The second-order valence-corrected chi connectivity index (χ2v) is 12.2. The van der Waals surface area contributed by atoms with Crippen molar-refractivity contribution in [2.75, 3.05) is 31.7 Å². The Labute approximate surface area is 213 Å². The van der Waals surface area contributed by atoms with Crippen LogP contribution in [-0.4, -0.2) is 41.3 Å². The fourth-order valence-electron chi connectivity index (χ4n) is 6.25. The zero-order valence-electron chi connectivity index (χ0n) is 20.1. The molecule has 0 bridgehead atoms. The third kappa shape index (κ3) is 4.59. The number of hydrogen-bond donors (Lipinski definition) is 1. The van der Waals surface area contributed by atoms with E-state index in [9.17, 15) is 8.42 Å². The highest BCUT2D eigenvalue weighted by Crippen LogP contribution is 2.47. The van der Waals surface area contributed by atoms with Gasteiger partial charge < -0.3 is 14.4 Å². The lowest BCUT2D eigenvalue weighted by atomic mass is 9.68. The summed E-state index contributed by atoms with van der Waals surface area (Å²) >= 11 is 6.34. The summed E-state index contributed by atoms with van der Waals surface area (Å²) in [6, 6.07) is 11.1. The molecule has 8 heteroatoms. The summed E-state index contributed by atoms with van der Waals surface area (Å²) in [5.74, 6) is 1.49. The van der Waals surface area contributed by atoms with E-state index >= 15 is 0 Å². The number of hydrogen-bond acceptors (Lipinski definition) is 5. The number of halogens is 1. The Kier molecular flexibility index (Phi) is 6.64. The summed E-state index contributed by atoms with van der Waals surface area (Å²) in [4.78, 5) is 2.43. The van der Waals surface area contributed by atoms with Gasteiger partial charge in [0, 0.05) is 30.6 Å². The number of benzene rings is 2. The van der Waals surface area contributed by atoms with Gasteiger partial charge in [0.2, 0.25) is 10.0 Å². The van der Waals surface area contributed by atoms with E-state index < -0.39 is 10.0 Å². The third-order valence-corrected chi connectivity index (χ3v) is 9.34. The molecule has 3 aliphatic rings. The van der Waals surface area contributed by atoms with Gasteiger partial charge in [-0.1, -0.05) is 23.7 Å². The van der Waals surface area contributed by atoms with Crippen molar-refractivity contribution in [3.63, 3.8) is 0 Å². The maximum Gasteiger partial charge on any atom is 0.238 e. The molecule has 0 saturated heterocycles. The molecule has 2 aromatic rings. The minimum atomic E-state index is -3.84. The molecule has 6 nitrogen and oxygen atoms in total. The molecule has 2 N–H and O–H groups in total. The first-order chi connectivity index (χ1) is 16.7. The second kappa shape index (κ2) is 9.43. The molecule has 0 radical (unpaired) electrons. The molecular formula is C27H33ClN2O4S. The monoisotopic (exact) mass is 516 g/mol. The minimum absolute atomic E-state index is 0.0127. The van der Waals surface area contributed by atoms with Crippen molar-refractivity contribution >= 4 is 27.3 Å². The Hall–Kier alpha value is -2.06. The van der Waals surface area contributed by atoms with Crippen LogP contribution >= 0.6 is 11.6 Å². The summed E-state index contributed by atoms with van der Waals surface area (Å²) in [6.45, 7) is 6.00. The number of nitrogens with two attached hydrogens (primary N) is 1. The van der Waals surface area contributed by atoms with Crippen molar-refractivity contribution in [3.05, 3.63) is 65.2 Å². The smallest absolute Gasteiger partial charge is 0.238 e. The predicted octanol–water partition coefficient (Wildman–Crippen LogP) is 4.69. The first-order valence-corrected chi connectivity index (χ1v) is 14.2. The molecule has 1 aliphatic heterocycles. The lowest BCUT2D eigenvalue weighted by Gasteiger charge is -2.46. The summed E-state index contributed by atoms with van der Waals surface area (Å²) in [7, 11) is -2.11. The lowest BCUT2D eigenvalue weighted by molar-refractivity contribution is 0.0135. The molecule has 1 heterocycles. The molecule has 35 heavy (non-hydrogen) atoms. The Morgan fingerprint density at radius 1 is 1.31 bits per heavy atom. The largest absolute Gasteiger partial charge is 0.490 e. The van der Waals surface area contributed by atoms with Crippen LogP contribution in [0.3, 0.4) is 0 Å². The quantitative estimate of drug-likeness (QED) is 0.563. The lowest BCUT2D eigenvalue weighted by Crippen LogP contribution is -2.49. The van der Waals surface area contributed by atoms with Crippen LogP contribution in [0.2, 0.25) is 5.02 Å². The molecule has 0 aromatic heterocycles. The molecule has 4 atom stereocenters. The highest BCUT2D eigenvalue weighted by molar-refractivity contribution is 7.89. The summed E-state index contributed by atoms with van der Waals surface area (Å²) in [6.07, 6.45) is 7.14. The van der Waals surface area contributed by atoms with Crippen LogP contribution in [0, 0.1) is 11.8 Å². The van der Waals surface area contributed by atoms with Crippen LogP contribution in [0.5, 0.6) is 5.75 Å². The third-order valence-electron chi connectivity index (χ3n) is 8.19. The van der Waals surface area contributed by atoms with Gasteiger partial charge in [0.15, 0.2) is 0 Å². The van der Waals surface area contributed by atoms with Crippen molar-refractivity contribution in [2.24, 2.45) is 17.0 Å². The van der Waals surface area contributed by atoms with Gasteiger partial charge >= 0.3 is 0 Å². The average molecular weight is 517 g/mol. The highest BCUT2D eigenvalue weighted by atomic mass is 35.5. The van der Waals surface area contributed by atoms with Gasteiger partial charge in [0.25, 0.3) is 0 Å². The van der Waals surface area contributed by atoms with Crippen LogP contribution in [0.4, 0.5) is 5.69 Å². The zero-order valence-corrected chi connectivity index (χ0v) is 21.7. The van der Waals surface area contributed by atoms with Crippen molar-refractivity contribution in [1.29, 1.82) is 0 Å². The molecule has 2 aliphatic carbocycles. The summed E-state index contributed by atoms with van der Waals surface area (Å²) in [5, 5.41) is 6.25. The van der Waals surface area contributed by atoms with E-state index in [4.69, 9.17) is 26.2 Å². The highest BCUT2D eigenvalue weighted by Gasteiger charge is 2.44. The summed E-state index contributed by atoms with van der Waals surface area (Å²) in [5.41, 5.74) is 3.13. The van der Waals surface area contributed by atoms with Crippen molar-refractivity contribution in [1.82, 2.24) is 0 Å². The average Bonchev–Trinajstić information content (AvgIpc) is 2.96. The van der Waals surface area contributed by atoms with E-state index in [2.05, 4.69) is 23.6 Å². The molecular weight excluding hydrogens is 484 g/mol. The van der Waals surface area contributed by atoms with Gasteiger partial charge in [-0.15, -0.1) is 6.58 Å². The van der Waals surface area contributed by atoms with E-state index in [1.54, 1.807) is 19.2 Å². The normalized spacial score (nSPS) is 26.7. The number of methoxy groups -OCH3 is 1. The van der Waals surface area contributed by atoms with E-state index in [0.29, 0.717) is 24.2 Å². The Morgan fingerprint density at radius 2 is 2.14 bits per heavy atom. The summed E-state index contributed by atoms with van der Waals surface area (Å²) < 4.78 is 36.5. The molecule has 1 fully saturated rings. The number of primary sulfonamides is 1. The topological polar surface area (TPSA) is 81.9 Å². The van der Waals surface area contributed by atoms with Crippen LogP contribution < -0.4 is 14.8 Å². The molecule has 0 amide bonds. The van der Waals surface area contributed by atoms with Crippen LogP contribution in [-0.2, 0) is 26.6 Å². The van der Waals surface area contributed by atoms with Gasteiger partial charge in [0.1, 0.15) is 5.75 Å². The predicted molar refractivity (Wildman–Crippen MR) is 139 cm³/mol. The molecule has 2 aromatic carbocycles. The van der Waals surface area contributed by atoms with Gasteiger partial charge in [-0.3, -0.25) is 0 Å². The molecule has 5 rings (SSSR count). The van der Waals surface area contributed by atoms with E-state index in [-0.39, 0.29) is 16.4 Å². The number of sulfonamides is 1. The Balaban J connectivity index is 1.56. The SMILES string of the molecule is C=C[C@H](OC)[C@@H]1CC[C@H]1CN1C[C@]2(CCCc3cc(Cl)ccc32)COc2ccc(S(N)(=O)=O)cc21. The van der Waals surface area contributed by atoms with Gasteiger partial charge in [-0.25, -0.2) is 13.6 Å². The number of anilines is 1. The number of nitrogens with zero attached hydrogens (tertiary/aromatic N) is 1. The minimum Gasteiger partial charge on any atom is -0.490 e. The number of aryl methyl sites for hydroxylation is 1. The van der Waals surface area contributed by atoms with Crippen molar-refractivity contribution < 1.29 is 17.9 Å². The van der Waals surface area contributed by atoms with E-state index in [1.807, 2.05) is 12.1 Å². The van der Waals surface area contributed by atoms with Crippen LogP contribution in [0.25, 0.3) is 0 Å². The molecule has 1 spiro atoms. The van der Waals surface area contributed by atoms with E-state index in [0.717, 1.165) is 55.9 Å².